The molecule has 36 heavy (non-hydrogen) atoms. The van der Waals surface area contributed by atoms with Crippen LogP contribution in [0, 0.1) is 0 Å². The van der Waals surface area contributed by atoms with Crippen LogP contribution in [0.2, 0.25) is 0 Å². The van der Waals surface area contributed by atoms with Crippen LogP contribution in [0.4, 0.5) is 9.93 Å². The number of nitrogens with two attached hydrogens (primary N) is 1. The van der Waals surface area contributed by atoms with Crippen LogP contribution >= 0.6 is 11.3 Å². The van der Waals surface area contributed by atoms with Gasteiger partial charge in [-0.2, -0.15) is 5.11 Å². The van der Waals surface area contributed by atoms with E-state index in [4.69, 9.17) is 10.8 Å². The summed E-state index contributed by atoms with van der Waals surface area (Å²) in [6.45, 7) is 3.65. The highest BCUT2D eigenvalue weighted by Crippen LogP contribution is 2.31. The minimum absolute atomic E-state index is 0.0244. The number of carbonyl (C=O) groups excluding carboxylic acids is 1. The van der Waals surface area contributed by atoms with Crippen molar-refractivity contribution < 1.29 is 18.3 Å². The van der Waals surface area contributed by atoms with Gasteiger partial charge in [0.05, 0.1) is 27.8 Å². The molecule has 3 rings (SSSR count). The number of carbonyl (C=O) groups is 1. The highest BCUT2D eigenvalue weighted by Gasteiger charge is 2.15. The number of thiazole rings is 1. The molecular weight excluding hydrogens is 504 g/mol. The number of hydrogen-bond donors (Lipinski definition) is 5. The monoisotopic (exact) mass is 532 g/mol. The number of amides is 2. The maximum absolute atomic E-state index is 12.4. The molecule has 2 aromatic carbocycles. The lowest BCUT2D eigenvalue weighted by Gasteiger charge is -2.08. The predicted molar refractivity (Wildman–Crippen MR) is 141 cm³/mol. The van der Waals surface area contributed by atoms with Gasteiger partial charge >= 0.3 is 6.03 Å². The highest BCUT2D eigenvalue weighted by molar-refractivity contribution is 7.89. The fourth-order valence-corrected chi connectivity index (χ4v) is 4.91. The number of benzene rings is 2. The Bertz CT molecular complexity index is 1370. The van der Waals surface area contributed by atoms with Gasteiger partial charge in [-0.1, -0.05) is 29.5 Å². The quantitative estimate of drug-likeness (QED) is 0.109. The number of urea groups is 1. The van der Waals surface area contributed by atoms with Gasteiger partial charge in [-0.25, -0.2) is 22.9 Å². The van der Waals surface area contributed by atoms with E-state index in [2.05, 4.69) is 35.8 Å². The number of aliphatic hydroxyl groups is 1. The van der Waals surface area contributed by atoms with E-state index in [0.29, 0.717) is 22.6 Å². The van der Waals surface area contributed by atoms with Crippen molar-refractivity contribution >= 4 is 48.6 Å². The Morgan fingerprint density at radius 3 is 2.69 bits per heavy atom. The van der Waals surface area contributed by atoms with Gasteiger partial charge in [0, 0.05) is 19.5 Å². The van der Waals surface area contributed by atoms with E-state index >= 15 is 0 Å². The molecule has 3 aromatic rings. The molecule has 0 atom stereocenters. The Balaban J connectivity index is 1.65. The summed E-state index contributed by atoms with van der Waals surface area (Å²) in [5, 5.41) is 25.9. The van der Waals surface area contributed by atoms with Crippen molar-refractivity contribution in [1.29, 1.82) is 0 Å². The van der Waals surface area contributed by atoms with E-state index in [0.717, 1.165) is 10.3 Å². The predicted octanol–water partition coefficient (Wildman–Crippen LogP) is 2.88. The van der Waals surface area contributed by atoms with Crippen LogP contribution in [0.1, 0.15) is 20.3 Å². The van der Waals surface area contributed by atoms with E-state index < -0.39 is 16.1 Å². The average molecular weight is 533 g/mol. The summed E-state index contributed by atoms with van der Waals surface area (Å²) in [5.41, 5.74) is 7.93. The van der Waals surface area contributed by atoms with Crippen LogP contribution in [0.3, 0.4) is 0 Å². The van der Waals surface area contributed by atoms with E-state index in [1.807, 2.05) is 26.0 Å². The zero-order valence-corrected chi connectivity index (χ0v) is 21.4. The van der Waals surface area contributed by atoms with E-state index in [1.54, 1.807) is 24.3 Å². The molecule has 0 saturated carbocycles. The lowest BCUT2D eigenvalue weighted by Crippen LogP contribution is -2.31. The summed E-state index contributed by atoms with van der Waals surface area (Å²) < 4.78 is 27.9. The highest BCUT2D eigenvalue weighted by atomic mass is 32.2. The van der Waals surface area contributed by atoms with E-state index in [1.165, 1.54) is 17.4 Å². The second-order valence-electron chi connectivity index (χ2n) is 7.87. The zero-order valence-electron chi connectivity index (χ0n) is 19.8. The number of amidine groups is 1. The third-order valence-corrected chi connectivity index (χ3v) is 7.01. The molecule has 192 valence electrons. The number of aromatic nitrogens is 1. The molecule has 0 unspecified atom stereocenters. The van der Waals surface area contributed by atoms with E-state index in [9.17, 15) is 13.2 Å². The SMILES string of the molecule is CC(C)N=N/N=C(\N)CCNC(=O)Nc1nc2ccc(-c3cccc(S(=O)(=O)NCCO)c3)cc2s1. The topological polar surface area (TPSA) is 184 Å². The molecule has 0 spiro atoms. The molecule has 0 saturated heterocycles. The van der Waals surface area contributed by atoms with Crippen LogP contribution in [-0.2, 0) is 10.0 Å². The molecule has 2 amide bonds. The van der Waals surface area contributed by atoms with Gasteiger partial charge < -0.3 is 16.2 Å². The Hall–Kier alpha value is -3.46. The number of rotatable bonds is 11. The fourth-order valence-electron chi connectivity index (χ4n) is 2.95. The van der Waals surface area contributed by atoms with Gasteiger partial charge in [0.25, 0.3) is 0 Å². The number of fused-ring (bicyclic) bond motifs is 1. The molecule has 12 nitrogen and oxygen atoms in total. The van der Waals surface area contributed by atoms with Crippen molar-refractivity contribution in [3.05, 3.63) is 42.5 Å². The Kier molecular flexibility index (Phi) is 9.41. The Labute approximate surface area is 212 Å². The van der Waals surface area contributed by atoms with Gasteiger partial charge in [0.2, 0.25) is 10.0 Å². The first-order valence-corrected chi connectivity index (χ1v) is 13.4. The van der Waals surface area contributed by atoms with Crippen LogP contribution in [0.25, 0.3) is 21.3 Å². The number of hydrogen-bond acceptors (Lipinski definition) is 8. The molecule has 0 aliphatic rings. The van der Waals surface area contributed by atoms with Gasteiger partial charge in [0.1, 0.15) is 5.84 Å². The summed E-state index contributed by atoms with van der Waals surface area (Å²) in [4.78, 5) is 16.7. The molecule has 0 aliphatic carbocycles. The Morgan fingerprint density at radius 2 is 1.94 bits per heavy atom. The first-order valence-electron chi connectivity index (χ1n) is 11.1. The minimum atomic E-state index is -3.73. The van der Waals surface area contributed by atoms with Gasteiger partial charge in [0.15, 0.2) is 5.13 Å². The molecule has 1 heterocycles. The van der Waals surface area contributed by atoms with Gasteiger partial charge in [-0.05, 0) is 54.5 Å². The fraction of sp³-hybridized carbons (Fsp3) is 0.318. The smallest absolute Gasteiger partial charge is 0.321 e. The largest absolute Gasteiger partial charge is 0.395 e. The summed E-state index contributed by atoms with van der Waals surface area (Å²) in [6.07, 6.45) is 0.318. The van der Waals surface area contributed by atoms with Crippen molar-refractivity contribution in [2.75, 3.05) is 25.0 Å². The first kappa shape index (κ1) is 27.1. The molecule has 14 heteroatoms. The van der Waals surface area contributed by atoms with Crippen LogP contribution in [-0.4, -0.2) is 56.1 Å². The summed E-state index contributed by atoms with van der Waals surface area (Å²) >= 11 is 1.29. The molecule has 1 aromatic heterocycles. The molecule has 0 radical (unpaired) electrons. The molecule has 0 fully saturated rings. The van der Waals surface area contributed by atoms with Crippen molar-refractivity contribution in [3.63, 3.8) is 0 Å². The number of nitrogens with zero attached hydrogens (tertiary/aromatic N) is 4. The molecule has 0 aliphatic heterocycles. The Morgan fingerprint density at radius 1 is 1.17 bits per heavy atom. The van der Waals surface area contributed by atoms with Crippen LogP contribution in [0.5, 0.6) is 0 Å². The lowest BCUT2D eigenvalue weighted by atomic mass is 10.1. The van der Waals surface area contributed by atoms with Crippen molar-refractivity contribution in [2.24, 2.45) is 21.2 Å². The van der Waals surface area contributed by atoms with E-state index in [-0.39, 0.29) is 36.5 Å². The zero-order chi connectivity index (χ0) is 26.1. The van der Waals surface area contributed by atoms with Crippen molar-refractivity contribution in [2.45, 2.75) is 31.2 Å². The number of aliphatic hydroxyl groups excluding tert-OH is 1. The molecule has 0 bridgehead atoms. The third-order valence-electron chi connectivity index (χ3n) is 4.61. The van der Waals surface area contributed by atoms with Crippen molar-refractivity contribution in [3.8, 4) is 11.1 Å². The molecular formula is C22H28N8O4S2. The van der Waals surface area contributed by atoms with Crippen LogP contribution < -0.4 is 21.1 Å². The molecule has 6 N–H and O–H groups in total. The van der Waals surface area contributed by atoms with Crippen LogP contribution in [0.15, 0.2) is 62.8 Å². The second-order valence-corrected chi connectivity index (χ2v) is 10.7. The average Bonchev–Trinajstić information content (AvgIpc) is 3.24. The lowest BCUT2D eigenvalue weighted by molar-refractivity contribution is 0.252. The first-order chi connectivity index (χ1) is 17.2. The second kappa shape index (κ2) is 12.5. The summed E-state index contributed by atoms with van der Waals surface area (Å²) in [7, 11) is -3.73. The standard InChI is InChI=1S/C22H28N8O4S2/c1-14(2)28-30-29-20(23)8-9-24-21(32)27-22-26-18-7-6-16(13-19(18)35-22)15-4-3-5-17(12-15)36(33,34)25-10-11-31/h3-7,12-14,25,31H,8-11H2,1-2H3,(H2,23,28,29)(H2,24,26,27,32). The minimum Gasteiger partial charge on any atom is -0.395 e. The summed E-state index contributed by atoms with van der Waals surface area (Å²) in [5.74, 6) is 0.258. The normalized spacial score (nSPS) is 12.5. The van der Waals surface area contributed by atoms with Gasteiger partial charge in [-0.15, -0.1) is 5.10 Å². The van der Waals surface area contributed by atoms with Gasteiger partial charge in [-0.3, -0.25) is 5.32 Å². The maximum atomic E-state index is 12.4. The summed E-state index contributed by atoms with van der Waals surface area (Å²) in [6, 6.07) is 11.6. The number of sulfonamides is 1. The third kappa shape index (κ3) is 7.78. The number of nitrogens with one attached hydrogen (secondary N) is 3. The maximum Gasteiger partial charge on any atom is 0.321 e. The van der Waals surface area contributed by atoms with Crippen molar-refractivity contribution in [1.82, 2.24) is 15.0 Å². The number of anilines is 1.